The lowest BCUT2D eigenvalue weighted by molar-refractivity contribution is -0.0144. The van der Waals surface area contributed by atoms with E-state index in [0.717, 1.165) is 6.61 Å². The Labute approximate surface area is 80.7 Å². The van der Waals surface area contributed by atoms with Crippen LogP contribution in [0.4, 0.5) is 0 Å². The molecule has 0 aliphatic carbocycles. The summed E-state index contributed by atoms with van der Waals surface area (Å²) < 4.78 is 5.70. The van der Waals surface area contributed by atoms with Crippen molar-refractivity contribution in [3.63, 3.8) is 0 Å². The molecular formula is C12H18O. The fraction of sp³-hybridized carbons (Fsp3) is 0.500. The van der Waals surface area contributed by atoms with Crippen LogP contribution >= 0.6 is 0 Å². The van der Waals surface area contributed by atoms with Crippen LogP contribution in [0.15, 0.2) is 24.3 Å². The van der Waals surface area contributed by atoms with Gasteiger partial charge in [0.25, 0.3) is 0 Å². The summed E-state index contributed by atoms with van der Waals surface area (Å²) in [6.07, 6.45) is 0. The highest BCUT2D eigenvalue weighted by molar-refractivity contribution is 5.30. The lowest BCUT2D eigenvalue weighted by atomic mass is 9.94. The Kier molecular flexibility index (Phi) is 3.10. The van der Waals surface area contributed by atoms with Crippen LogP contribution in [0, 0.1) is 6.92 Å². The van der Waals surface area contributed by atoms with Crippen LogP contribution in [0.3, 0.4) is 0 Å². The van der Waals surface area contributed by atoms with Crippen molar-refractivity contribution in [3.05, 3.63) is 35.4 Å². The number of benzene rings is 1. The molecule has 0 amide bonds. The van der Waals surface area contributed by atoms with Crippen LogP contribution in [-0.2, 0) is 10.3 Å². The molecule has 0 bridgehead atoms. The van der Waals surface area contributed by atoms with E-state index in [1.54, 1.807) is 0 Å². The quantitative estimate of drug-likeness (QED) is 0.690. The van der Waals surface area contributed by atoms with Crippen molar-refractivity contribution in [2.45, 2.75) is 33.3 Å². The molecule has 0 aliphatic rings. The molecule has 0 heterocycles. The molecule has 0 fully saturated rings. The number of ether oxygens (including phenoxy) is 1. The number of rotatable bonds is 3. The molecule has 0 aromatic heterocycles. The van der Waals surface area contributed by atoms with Gasteiger partial charge in [0.05, 0.1) is 5.60 Å². The largest absolute Gasteiger partial charge is 0.371 e. The van der Waals surface area contributed by atoms with E-state index in [9.17, 15) is 0 Å². The number of hydrogen-bond donors (Lipinski definition) is 0. The van der Waals surface area contributed by atoms with Gasteiger partial charge in [0.2, 0.25) is 0 Å². The zero-order valence-corrected chi connectivity index (χ0v) is 8.92. The van der Waals surface area contributed by atoms with Gasteiger partial charge < -0.3 is 4.74 Å². The van der Waals surface area contributed by atoms with Crippen LogP contribution in [0.2, 0.25) is 0 Å². The van der Waals surface area contributed by atoms with Crippen molar-refractivity contribution in [1.82, 2.24) is 0 Å². The Morgan fingerprint density at radius 3 is 2.38 bits per heavy atom. The maximum Gasteiger partial charge on any atom is 0.0877 e. The maximum absolute atomic E-state index is 5.70. The van der Waals surface area contributed by atoms with Gasteiger partial charge in [-0.2, -0.15) is 0 Å². The van der Waals surface area contributed by atoms with Gasteiger partial charge in [0.1, 0.15) is 0 Å². The summed E-state index contributed by atoms with van der Waals surface area (Å²) >= 11 is 0. The Bertz CT molecular complexity index is 276. The smallest absolute Gasteiger partial charge is 0.0877 e. The van der Waals surface area contributed by atoms with Gasteiger partial charge in [-0.15, -0.1) is 0 Å². The Morgan fingerprint density at radius 1 is 1.23 bits per heavy atom. The molecule has 0 unspecified atom stereocenters. The molecule has 1 nitrogen and oxygen atoms in total. The predicted molar refractivity (Wildman–Crippen MR) is 55.8 cm³/mol. The van der Waals surface area contributed by atoms with E-state index in [-0.39, 0.29) is 5.60 Å². The minimum Gasteiger partial charge on any atom is -0.371 e. The molecule has 72 valence electrons. The number of aryl methyl sites for hydroxylation is 1. The third-order valence-corrected chi connectivity index (χ3v) is 2.30. The Balaban J connectivity index is 2.99. The second kappa shape index (κ2) is 3.93. The van der Waals surface area contributed by atoms with Gasteiger partial charge in [-0.1, -0.05) is 24.3 Å². The lowest BCUT2D eigenvalue weighted by Gasteiger charge is -2.26. The fourth-order valence-electron chi connectivity index (χ4n) is 1.69. The van der Waals surface area contributed by atoms with E-state index in [0.29, 0.717) is 0 Å². The van der Waals surface area contributed by atoms with E-state index in [4.69, 9.17) is 4.74 Å². The lowest BCUT2D eigenvalue weighted by Crippen LogP contribution is -2.22. The molecule has 1 aromatic carbocycles. The fourth-order valence-corrected chi connectivity index (χ4v) is 1.69. The van der Waals surface area contributed by atoms with E-state index >= 15 is 0 Å². The van der Waals surface area contributed by atoms with Crippen molar-refractivity contribution < 1.29 is 4.74 Å². The zero-order chi connectivity index (χ0) is 9.90. The van der Waals surface area contributed by atoms with E-state index in [2.05, 4.69) is 45.0 Å². The molecule has 1 rings (SSSR count). The zero-order valence-electron chi connectivity index (χ0n) is 8.92. The molecule has 0 radical (unpaired) electrons. The standard InChI is InChI=1S/C12H18O/c1-5-13-12(3,4)11-9-7-6-8-10(11)2/h6-9H,5H2,1-4H3. The van der Waals surface area contributed by atoms with E-state index in [1.807, 2.05) is 6.92 Å². The SMILES string of the molecule is CCOC(C)(C)c1ccccc1C. The van der Waals surface area contributed by atoms with Crippen LogP contribution in [0.25, 0.3) is 0 Å². The van der Waals surface area contributed by atoms with Gasteiger partial charge in [0, 0.05) is 6.61 Å². The summed E-state index contributed by atoms with van der Waals surface area (Å²) in [6.45, 7) is 9.12. The molecule has 0 saturated heterocycles. The molecule has 0 N–H and O–H groups in total. The predicted octanol–water partition coefficient (Wildman–Crippen LogP) is 3.27. The Morgan fingerprint density at radius 2 is 1.85 bits per heavy atom. The minimum atomic E-state index is -0.167. The normalized spacial score (nSPS) is 11.7. The van der Waals surface area contributed by atoms with Crippen LogP contribution < -0.4 is 0 Å². The molecule has 0 atom stereocenters. The first-order valence-corrected chi connectivity index (χ1v) is 4.78. The van der Waals surface area contributed by atoms with Gasteiger partial charge >= 0.3 is 0 Å². The highest BCUT2D eigenvalue weighted by atomic mass is 16.5. The molecular weight excluding hydrogens is 160 g/mol. The molecule has 0 aliphatic heterocycles. The van der Waals surface area contributed by atoms with Crippen LogP contribution in [0.1, 0.15) is 31.9 Å². The van der Waals surface area contributed by atoms with Gasteiger partial charge in [0.15, 0.2) is 0 Å². The van der Waals surface area contributed by atoms with Crippen molar-refractivity contribution >= 4 is 0 Å². The van der Waals surface area contributed by atoms with Crippen LogP contribution in [0.5, 0.6) is 0 Å². The van der Waals surface area contributed by atoms with Crippen molar-refractivity contribution in [2.24, 2.45) is 0 Å². The number of hydrogen-bond acceptors (Lipinski definition) is 1. The van der Waals surface area contributed by atoms with Crippen molar-refractivity contribution in [3.8, 4) is 0 Å². The molecule has 13 heavy (non-hydrogen) atoms. The average Bonchev–Trinajstić information content (AvgIpc) is 2.04. The monoisotopic (exact) mass is 178 g/mol. The van der Waals surface area contributed by atoms with Gasteiger partial charge in [-0.3, -0.25) is 0 Å². The third kappa shape index (κ3) is 2.31. The summed E-state index contributed by atoms with van der Waals surface area (Å²) in [7, 11) is 0. The topological polar surface area (TPSA) is 9.23 Å². The highest BCUT2D eigenvalue weighted by Crippen LogP contribution is 2.26. The molecule has 1 heteroatoms. The summed E-state index contributed by atoms with van der Waals surface area (Å²) in [4.78, 5) is 0. The highest BCUT2D eigenvalue weighted by Gasteiger charge is 2.21. The van der Waals surface area contributed by atoms with Gasteiger partial charge in [-0.25, -0.2) is 0 Å². The second-order valence-electron chi connectivity index (χ2n) is 3.76. The summed E-state index contributed by atoms with van der Waals surface area (Å²) in [5.74, 6) is 0. The average molecular weight is 178 g/mol. The van der Waals surface area contributed by atoms with Crippen molar-refractivity contribution in [2.75, 3.05) is 6.61 Å². The van der Waals surface area contributed by atoms with Gasteiger partial charge in [-0.05, 0) is 38.8 Å². The maximum atomic E-state index is 5.70. The first-order chi connectivity index (χ1) is 6.08. The summed E-state index contributed by atoms with van der Waals surface area (Å²) in [5.41, 5.74) is 2.40. The van der Waals surface area contributed by atoms with E-state index < -0.39 is 0 Å². The van der Waals surface area contributed by atoms with E-state index in [1.165, 1.54) is 11.1 Å². The second-order valence-corrected chi connectivity index (χ2v) is 3.76. The third-order valence-electron chi connectivity index (χ3n) is 2.30. The summed E-state index contributed by atoms with van der Waals surface area (Å²) in [5, 5.41) is 0. The minimum absolute atomic E-state index is 0.167. The first-order valence-electron chi connectivity index (χ1n) is 4.78. The molecule has 1 aromatic rings. The summed E-state index contributed by atoms with van der Waals surface area (Å²) in [6, 6.07) is 8.37. The molecule has 0 spiro atoms. The van der Waals surface area contributed by atoms with Crippen molar-refractivity contribution in [1.29, 1.82) is 0 Å². The van der Waals surface area contributed by atoms with Crippen LogP contribution in [-0.4, -0.2) is 6.61 Å². The first kappa shape index (κ1) is 10.3. The molecule has 0 saturated carbocycles. The Hall–Kier alpha value is -0.820.